The summed E-state index contributed by atoms with van der Waals surface area (Å²) in [5, 5.41) is 10.4. The molecule has 5 nitrogen and oxygen atoms in total. The van der Waals surface area contributed by atoms with Crippen molar-refractivity contribution in [2.24, 2.45) is 0 Å². The molecule has 1 saturated heterocycles. The van der Waals surface area contributed by atoms with Gasteiger partial charge in [0.05, 0.1) is 19.3 Å². The number of morpholine rings is 1. The van der Waals surface area contributed by atoms with Crippen LogP contribution in [0.1, 0.15) is 32.4 Å². The summed E-state index contributed by atoms with van der Waals surface area (Å²) in [6.07, 6.45) is -2.04. The topological polar surface area (TPSA) is 59.0 Å². The summed E-state index contributed by atoms with van der Waals surface area (Å²) in [7, 11) is 0. The molecule has 0 aliphatic carbocycles. The lowest BCUT2D eigenvalue weighted by Crippen LogP contribution is -2.52. The highest BCUT2D eigenvalue weighted by Gasteiger charge is 2.37. The maximum absolute atomic E-state index is 13.9. The Morgan fingerprint density at radius 1 is 1.43 bits per heavy atom. The summed E-state index contributed by atoms with van der Waals surface area (Å²) < 4.78 is 37.8. The van der Waals surface area contributed by atoms with Gasteiger partial charge in [0.2, 0.25) is 0 Å². The Balaban J connectivity index is 2.23. The minimum Gasteiger partial charge on any atom is -0.444 e. The standard InChI is InChI=1S/C16H21F2NO4/c1-16(2,3)23-15(21)19-7-8-22-9-12(19)14(20)10-5-4-6-11(17)13(10)18/h4-6,12,14,20H,7-9H2,1-3H3. The molecule has 2 atom stereocenters. The third-order valence-corrected chi connectivity index (χ3v) is 3.46. The van der Waals surface area contributed by atoms with Gasteiger partial charge in [-0.2, -0.15) is 0 Å². The summed E-state index contributed by atoms with van der Waals surface area (Å²) in [5.74, 6) is -2.18. The lowest BCUT2D eigenvalue weighted by molar-refractivity contribution is -0.0680. The molecule has 2 rings (SSSR count). The zero-order chi connectivity index (χ0) is 17.2. The monoisotopic (exact) mass is 329 g/mol. The van der Waals surface area contributed by atoms with Gasteiger partial charge in [0.25, 0.3) is 0 Å². The second-order valence-electron chi connectivity index (χ2n) is 6.40. The van der Waals surface area contributed by atoms with Crippen LogP contribution in [0, 0.1) is 11.6 Å². The van der Waals surface area contributed by atoms with Gasteiger partial charge in [0.15, 0.2) is 11.6 Å². The Hall–Kier alpha value is -1.73. The minimum atomic E-state index is -1.42. The molecule has 0 aromatic heterocycles. The van der Waals surface area contributed by atoms with E-state index in [1.165, 1.54) is 17.0 Å². The van der Waals surface area contributed by atoms with Crippen LogP contribution in [0.25, 0.3) is 0 Å². The molecule has 23 heavy (non-hydrogen) atoms. The summed E-state index contributed by atoms with van der Waals surface area (Å²) in [5.41, 5.74) is -0.913. The number of aliphatic hydroxyl groups excluding tert-OH is 1. The van der Waals surface area contributed by atoms with E-state index < -0.39 is 35.5 Å². The molecule has 1 aromatic rings. The van der Waals surface area contributed by atoms with Crippen LogP contribution in [0.15, 0.2) is 18.2 Å². The number of benzene rings is 1. The number of carbonyl (C=O) groups is 1. The average molecular weight is 329 g/mol. The predicted octanol–water partition coefficient (Wildman–Crippen LogP) is 2.63. The molecule has 1 N–H and O–H groups in total. The van der Waals surface area contributed by atoms with E-state index >= 15 is 0 Å². The summed E-state index contributed by atoms with van der Waals surface area (Å²) >= 11 is 0. The molecule has 7 heteroatoms. The lowest BCUT2D eigenvalue weighted by Gasteiger charge is -2.38. The van der Waals surface area contributed by atoms with E-state index in [2.05, 4.69) is 0 Å². The third kappa shape index (κ3) is 4.17. The van der Waals surface area contributed by atoms with Crippen LogP contribution in [0.5, 0.6) is 0 Å². The number of hydrogen-bond acceptors (Lipinski definition) is 4. The molecule has 1 fully saturated rings. The van der Waals surface area contributed by atoms with Crippen molar-refractivity contribution < 1.29 is 28.2 Å². The van der Waals surface area contributed by atoms with Gasteiger partial charge in [-0.3, -0.25) is 4.90 Å². The normalized spacial score (nSPS) is 20.3. The highest BCUT2D eigenvalue weighted by atomic mass is 19.2. The van der Waals surface area contributed by atoms with E-state index in [0.29, 0.717) is 0 Å². The first-order valence-electron chi connectivity index (χ1n) is 7.40. The van der Waals surface area contributed by atoms with Crippen molar-refractivity contribution in [1.29, 1.82) is 0 Å². The molecular weight excluding hydrogens is 308 g/mol. The van der Waals surface area contributed by atoms with E-state index in [9.17, 15) is 18.7 Å². The number of rotatable bonds is 2. The van der Waals surface area contributed by atoms with Gasteiger partial charge in [-0.05, 0) is 26.8 Å². The molecule has 1 heterocycles. The fourth-order valence-corrected chi connectivity index (χ4v) is 2.39. The molecule has 1 aliphatic heterocycles. The number of aliphatic hydroxyl groups is 1. The van der Waals surface area contributed by atoms with Crippen LogP contribution in [0.4, 0.5) is 13.6 Å². The first kappa shape index (κ1) is 17.6. The molecule has 1 aliphatic rings. The number of amides is 1. The smallest absolute Gasteiger partial charge is 0.410 e. The van der Waals surface area contributed by atoms with Crippen molar-refractivity contribution in [3.05, 3.63) is 35.4 Å². The molecule has 0 bridgehead atoms. The van der Waals surface area contributed by atoms with Crippen LogP contribution in [-0.2, 0) is 9.47 Å². The second kappa shape index (κ2) is 6.80. The van der Waals surface area contributed by atoms with Crippen molar-refractivity contribution >= 4 is 6.09 Å². The summed E-state index contributed by atoms with van der Waals surface area (Å²) in [6, 6.07) is 2.70. The zero-order valence-corrected chi connectivity index (χ0v) is 13.4. The number of ether oxygens (including phenoxy) is 2. The zero-order valence-electron chi connectivity index (χ0n) is 13.4. The quantitative estimate of drug-likeness (QED) is 0.906. The molecule has 0 saturated carbocycles. The van der Waals surface area contributed by atoms with E-state index in [-0.39, 0.29) is 25.3 Å². The van der Waals surface area contributed by atoms with Crippen LogP contribution in [-0.4, -0.2) is 47.5 Å². The van der Waals surface area contributed by atoms with Crippen molar-refractivity contribution in [3.8, 4) is 0 Å². The SMILES string of the molecule is CC(C)(C)OC(=O)N1CCOCC1C(O)c1cccc(F)c1F. The van der Waals surface area contributed by atoms with Crippen LogP contribution >= 0.6 is 0 Å². The molecule has 1 aromatic carbocycles. The Bertz CT molecular complexity index is 574. The van der Waals surface area contributed by atoms with Gasteiger partial charge in [0.1, 0.15) is 11.7 Å². The maximum Gasteiger partial charge on any atom is 0.410 e. The second-order valence-corrected chi connectivity index (χ2v) is 6.40. The number of hydrogen-bond donors (Lipinski definition) is 1. The molecule has 128 valence electrons. The van der Waals surface area contributed by atoms with E-state index in [0.717, 1.165) is 6.07 Å². The molecule has 0 radical (unpaired) electrons. The van der Waals surface area contributed by atoms with E-state index in [1.54, 1.807) is 20.8 Å². The highest BCUT2D eigenvalue weighted by molar-refractivity contribution is 5.69. The van der Waals surface area contributed by atoms with Gasteiger partial charge >= 0.3 is 6.09 Å². The largest absolute Gasteiger partial charge is 0.444 e. The van der Waals surface area contributed by atoms with Gasteiger partial charge in [-0.15, -0.1) is 0 Å². The van der Waals surface area contributed by atoms with Crippen molar-refractivity contribution in [1.82, 2.24) is 4.90 Å². The predicted molar refractivity (Wildman–Crippen MR) is 78.9 cm³/mol. The Kier molecular flexibility index (Phi) is 5.21. The summed E-state index contributed by atoms with van der Waals surface area (Å²) in [4.78, 5) is 13.6. The highest BCUT2D eigenvalue weighted by Crippen LogP contribution is 2.27. The van der Waals surface area contributed by atoms with Gasteiger partial charge in [-0.1, -0.05) is 12.1 Å². The Labute approximate surface area is 133 Å². The average Bonchev–Trinajstić information content (AvgIpc) is 2.47. The number of nitrogens with zero attached hydrogens (tertiary/aromatic N) is 1. The molecule has 2 unspecified atom stereocenters. The minimum absolute atomic E-state index is 0.0103. The fraction of sp³-hybridized carbons (Fsp3) is 0.562. The van der Waals surface area contributed by atoms with Crippen LogP contribution < -0.4 is 0 Å². The van der Waals surface area contributed by atoms with Gasteiger partial charge in [-0.25, -0.2) is 13.6 Å². The Morgan fingerprint density at radius 2 is 2.13 bits per heavy atom. The third-order valence-electron chi connectivity index (χ3n) is 3.46. The first-order valence-corrected chi connectivity index (χ1v) is 7.40. The summed E-state index contributed by atoms with van der Waals surface area (Å²) in [6.45, 7) is 5.67. The fourth-order valence-electron chi connectivity index (χ4n) is 2.39. The molecule has 0 spiro atoms. The molecule has 1 amide bonds. The number of halogens is 2. The van der Waals surface area contributed by atoms with E-state index in [4.69, 9.17) is 9.47 Å². The maximum atomic E-state index is 13.9. The number of carbonyl (C=O) groups excluding carboxylic acids is 1. The first-order chi connectivity index (χ1) is 10.7. The van der Waals surface area contributed by atoms with Crippen LogP contribution in [0.3, 0.4) is 0 Å². The van der Waals surface area contributed by atoms with Crippen molar-refractivity contribution in [2.75, 3.05) is 19.8 Å². The van der Waals surface area contributed by atoms with E-state index in [1.807, 2.05) is 0 Å². The van der Waals surface area contributed by atoms with Crippen LogP contribution in [0.2, 0.25) is 0 Å². The van der Waals surface area contributed by atoms with Gasteiger partial charge < -0.3 is 14.6 Å². The molecular formula is C16H21F2NO4. The lowest BCUT2D eigenvalue weighted by atomic mass is 10.00. The van der Waals surface area contributed by atoms with Crippen molar-refractivity contribution in [2.45, 2.75) is 38.5 Å². The Morgan fingerprint density at radius 3 is 2.78 bits per heavy atom. The van der Waals surface area contributed by atoms with Gasteiger partial charge in [0, 0.05) is 12.1 Å². The van der Waals surface area contributed by atoms with Crippen molar-refractivity contribution in [3.63, 3.8) is 0 Å².